The van der Waals surface area contributed by atoms with Crippen molar-refractivity contribution in [3.05, 3.63) is 28.2 Å². The van der Waals surface area contributed by atoms with Crippen molar-refractivity contribution in [1.82, 2.24) is 0 Å². The molecule has 0 spiro atoms. The highest BCUT2D eigenvalue weighted by Crippen LogP contribution is 2.37. The lowest BCUT2D eigenvalue weighted by atomic mass is 10.1. The van der Waals surface area contributed by atoms with Crippen molar-refractivity contribution in [1.29, 1.82) is 0 Å². The first-order valence-corrected chi connectivity index (χ1v) is 7.00. The lowest BCUT2D eigenvalue weighted by molar-refractivity contribution is 0.198. The van der Waals surface area contributed by atoms with Crippen molar-refractivity contribution in [3.8, 4) is 0 Å². The predicted octanol–water partition coefficient (Wildman–Crippen LogP) is 3.74. The minimum atomic E-state index is -0.426. The van der Waals surface area contributed by atoms with Gasteiger partial charge in [0.1, 0.15) is 0 Å². The molecular weight excluding hydrogens is 278 g/mol. The van der Waals surface area contributed by atoms with E-state index in [1.54, 1.807) is 6.92 Å². The summed E-state index contributed by atoms with van der Waals surface area (Å²) >= 11 is 3.53. The average Bonchev–Trinajstić information content (AvgIpc) is 3.10. The van der Waals surface area contributed by atoms with Crippen molar-refractivity contribution in [2.24, 2.45) is 5.92 Å². The van der Waals surface area contributed by atoms with Crippen LogP contribution in [-0.2, 0) is 0 Å². The SMILES string of the molecule is CC(C1CC1)N(C)c1ccc([C@@H](C)O)c(Br)c1. The molecule has 2 rings (SSSR count). The average molecular weight is 298 g/mol. The monoisotopic (exact) mass is 297 g/mol. The molecule has 0 amide bonds. The Morgan fingerprint density at radius 3 is 2.47 bits per heavy atom. The van der Waals surface area contributed by atoms with Crippen molar-refractivity contribution in [3.63, 3.8) is 0 Å². The zero-order valence-electron chi connectivity index (χ0n) is 10.7. The van der Waals surface area contributed by atoms with E-state index in [4.69, 9.17) is 0 Å². The molecule has 0 aromatic heterocycles. The topological polar surface area (TPSA) is 23.5 Å². The highest BCUT2D eigenvalue weighted by Gasteiger charge is 2.30. The van der Waals surface area contributed by atoms with Crippen molar-refractivity contribution in [2.75, 3.05) is 11.9 Å². The Hall–Kier alpha value is -0.540. The highest BCUT2D eigenvalue weighted by atomic mass is 79.9. The molecule has 1 unspecified atom stereocenters. The fourth-order valence-electron chi connectivity index (χ4n) is 2.20. The molecule has 2 nitrogen and oxygen atoms in total. The molecule has 0 aliphatic heterocycles. The number of rotatable bonds is 4. The Kier molecular flexibility index (Phi) is 3.79. The Morgan fingerprint density at radius 1 is 1.35 bits per heavy atom. The molecule has 0 heterocycles. The maximum atomic E-state index is 9.60. The van der Waals surface area contributed by atoms with E-state index in [1.165, 1.54) is 18.5 Å². The third kappa shape index (κ3) is 2.83. The molecule has 3 heteroatoms. The van der Waals surface area contributed by atoms with Crippen LogP contribution in [0.5, 0.6) is 0 Å². The number of anilines is 1. The van der Waals surface area contributed by atoms with Gasteiger partial charge < -0.3 is 10.0 Å². The summed E-state index contributed by atoms with van der Waals surface area (Å²) in [5, 5.41) is 9.60. The number of aliphatic hydroxyl groups excluding tert-OH is 1. The number of hydrogen-bond acceptors (Lipinski definition) is 2. The van der Waals surface area contributed by atoms with E-state index in [2.05, 4.69) is 46.9 Å². The van der Waals surface area contributed by atoms with E-state index in [-0.39, 0.29) is 0 Å². The van der Waals surface area contributed by atoms with E-state index in [0.29, 0.717) is 6.04 Å². The van der Waals surface area contributed by atoms with Crippen LogP contribution in [0.25, 0.3) is 0 Å². The van der Waals surface area contributed by atoms with Gasteiger partial charge in [0.2, 0.25) is 0 Å². The van der Waals surface area contributed by atoms with Gasteiger partial charge in [0.25, 0.3) is 0 Å². The first-order chi connectivity index (χ1) is 8.00. The van der Waals surface area contributed by atoms with Crippen LogP contribution in [0.4, 0.5) is 5.69 Å². The van der Waals surface area contributed by atoms with Crippen LogP contribution in [0, 0.1) is 5.92 Å². The maximum absolute atomic E-state index is 9.60. The van der Waals surface area contributed by atoms with Crippen molar-refractivity contribution in [2.45, 2.75) is 38.8 Å². The second-order valence-electron chi connectivity index (χ2n) is 5.07. The molecule has 0 bridgehead atoms. The fourth-order valence-corrected chi connectivity index (χ4v) is 2.90. The number of nitrogens with zero attached hydrogens (tertiary/aromatic N) is 1. The van der Waals surface area contributed by atoms with Crippen LogP contribution in [0.3, 0.4) is 0 Å². The Balaban J connectivity index is 2.18. The molecule has 1 fully saturated rings. The lowest BCUT2D eigenvalue weighted by Crippen LogP contribution is -2.30. The van der Waals surface area contributed by atoms with Gasteiger partial charge in [-0.05, 0) is 50.3 Å². The van der Waals surface area contributed by atoms with Gasteiger partial charge in [-0.3, -0.25) is 0 Å². The van der Waals surface area contributed by atoms with Crippen molar-refractivity contribution < 1.29 is 5.11 Å². The minimum Gasteiger partial charge on any atom is -0.389 e. The smallest absolute Gasteiger partial charge is 0.0772 e. The minimum absolute atomic E-state index is 0.426. The summed E-state index contributed by atoms with van der Waals surface area (Å²) in [6, 6.07) is 6.78. The van der Waals surface area contributed by atoms with Gasteiger partial charge in [-0.15, -0.1) is 0 Å². The van der Waals surface area contributed by atoms with Crippen LogP contribution in [0.2, 0.25) is 0 Å². The lowest BCUT2D eigenvalue weighted by Gasteiger charge is -2.27. The largest absolute Gasteiger partial charge is 0.389 e. The number of aliphatic hydroxyl groups is 1. The Labute approximate surface area is 112 Å². The molecule has 1 aliphatic carbocycles. The summed E-state index contributed by atoms with van der Waals surface area (Å²) in [6.45, 7) is 4.07. The first kappa shape index (κ1) is 12.9. The maximum Gasteiger partial charge on any atom is 0.0772 e. The number of hydrogen-bond donors (Lipinski definition) is 1. The van der Waals surface area contributed by atoms with Crippen LogP contribution in [-0.4, -0.2) is 18.2 Å². The van der Waals surface area contributed by atoms with Crippen LogP contribution < -0.4 is 4.90 Å². The second-order valence-corrected chi connectivity index (χ2v) is 5.93. The van der Waals surface area contributed by atoms with Gasteiger partial charge in [0.05, 0.1) is 6.10 Å². The first-order valence-electron chi connectivity index (χ1n) is 6.21. The van der Waals surface area contributed by atoms with Gasteiger partial charge in [-0.25, -0.2) is 0 Å². The molecule has 0 radical (unpaired) electrons. The molecule has 0 saturated heterocycles. The van der Waals surface area contributed by atoms with E-state index in [0.717, 1.165) is 16.0 Å². The standard InChI is InChI=1S/C14H20BrNO/c1-9(11-4-5-11)16(3)12-6-7-13(10(2)17)14(15)8-12/h6-11,17H,4-5H2,1-3H3/t9?,10-/m1/s1. The zero-order chi connectivity index (χ0) is 12.6. The van der Waals surface area contributed by atoms with Gasteiger partial charge in [-0.1, -0.05) is 22.0 Å². The van der Waals surface area contributed by atoms with Gasteiger partial charge in [-0.2, -0.15) is 0 Å². The number of benzene rings is 1. The normalized spacial score (nSPS) is 18.9. The summed E-state index contributed by atoms with van der Waals surface area (Å²) in [7, 11) is 2.15. The highest BCUT2D eigenvalue weighted by molar-refractivity contribution is 9.10. The van der Waals surface area contributed by atoms with E-state index in [9.17, 15) is 5.11 Å². The fraction of sp³-hybridized carbons (Fsp3) is 0.571. The summed E-state index contributed by atoms with van der Waals surface area (Å²) in [6.07, 6.45) is 2.29. The quantitative estimate of drug-likeness (QED) is 0.915. The molecule has 1 aromatic rings. The molecular formula is C14H20BrNO. The molecule has 17 heavy (non-hydrogen) atoms. The molecule has 2 atom stereocenters. The molecule has 94 valence electrons. The Morgan fingerprint density at radius 2 is 2.00 bits per heavy atom. The summed E-state index contributed by atoms with van der Waals surface area (Å²) in [4.78, 5) is 2.33. The zero-order valence-corrected chi connectivity index (χ0v) is 12.2. The summed E-state index contributed by atoms with van der Waals surface area (Å²) in [5.41, 5.74) is 2.15. The second kappa shape index (κ2) is 4.99. The molecule has 1 aromatic carbocycles. The van der Waals surface area contributed by atoms with Gasteiger partial charge in [0, 0.05) is 23.2 Å². The van der Waals surface area contributed by atoms with E-state index < -0.39 is 6.10 Å². The predicted molar refractivity (Wildman–Crippen MR) is 75.4 cm³/mol. The Bertz CT molecular complexity index is 401. The van der Waals surface area contributed by atoms with E-state index >= 15 is 0 Å². The van der Waals surface area contributed by atoms with Gasteiger partial charge in [0.15, 0.2) is 0 Å². The van der Waals surface area contributed by atoms with Crippen LogP contribution >= 0.6 is 15.9 Å². The molecule has 1 aliphatic rings. The third-order valence-electron chi connectivity index (χ3n) is 3.76. The summed E-state index contributed by atoms with van der Waals surface area (Å²) in [5.74, 6) is 0.857. The molecule has 1 N–H and O–H groups in total. The van der Waals surface area contributed by atoms with E-state index in [1.807, 2.05) is 6.07 Å². The number of halogens is 1. The molecule has 1 saturated carbocycles. The van der Waals surface area contributed by atoms with Crippen LogP contribution in [0.15, 0.2) is 22.7 Å². The summed E-state index contributed by atoms with van der Waals surface area (Å²) < 4.78 is 0.986. The third-order valence-corrected chi connectivity index (χ3v) is 4.44. The van der Waals surface area contributed by atoms with Crippen molar-refractivity contribution >= 4 is 21.6 Å². The van der Waals surface area contributed by atoms with Gasteiger partial charge >= 0.3 is 0 Å². The van der Waals surface area contributed by atoms with Crippen LogP contribution in [0.1, 0.15) is 38.4 Å².